The fourth-order valence-corrected chi connectivity index (χ4v) is 2.54. The van der Waals surface area contributed by atoms with Gasteiger partial charge < -0.3 is 0 Å². The lowest BCUT2D eigenvalue weighted by Gasteiger charge is -2.01. The molecule has 19 heavy (non-hydrogen) atoms. The molecule has 0 unspecified atom stereocenters. The Kier molecular flexibility index (Phi) is 2.05. The molecule has 3 heterocycles. The van der Waals surface area contributed by atoms with Gasteiger partial charge in [-0.05, 0) is 40.2 Å². The smallest absolute Gasteiger partial charge is 0.251 e. The summed E-state index contributed by atoms with van der Waals surface area (Å²) >= 11 is 3.36. The number of aromatic nitrogens is 4. The zero-order valence-electron chi connectivity index (χ0n) is 9.62. The lowest BCUT2D eigenvalue weighted by atomic mass is 10.3. The number of rotatable bonds is 0. The number of imidazole rings is 1. The molecule has 0 spiro atoms. The molecule has 92 valence electrons. The second kappa shape index (κ2) is 3.64. The zero-order chi connectivity index (χ0) is 13.0. The maximum Gasteiger partial charge on any atom is 0.341 e. The van der Waals surface area contributed by atoms with Gasteiger partial charge in [0.2, 0.25) is 5.78 Å². The Morgan fingerprint density at radius 2 is 1.89 bits per heavy atom. The lowest BCUT2D eigenvalue weighted by molar-refractivity contribution is 0.918. The summed E-state index contributed by atoms with van der Waals surface area (Å²) in [6.07, 6.45) is 1.71. The molecular formula is C13H7BrN4O. The summed E-state index contributed by atoms with van der Waals surface area (Å²) in [5.41, 5.74) is 1.94. The number of nitrogens with zero attached hydrogens (tertiary/aromatic N) is 4. The Morgan fingerprint density at radius 1 is 1.05 bits per heavy atom. The Hall–Kier alpha value is -2.21. The molecule has 0 amide bonds. The number of halogens is 1. The SMILES string of the molecule is O=c1n2cc(Br)ccc2nc2nc3ccccc3n12. The molecule has 3 aromatic heterocycles. The van der Waals surface area contributed by atoms with Crippen LogP contribution in [0.2, 0.25) is 0 Å². The third-order valence-electron chi connectivity index (χ3n) is 3.05. The Morgan fingerprint density at radius 3 is 2.79 bits per heavy atom. The summed E-state index contributed by atoms with van der Waals surface area (Å²) in [7, 11) is 0. The summed E-state index contributed by atoms with van der Waals surface area (Å²) in [4.78, 5) is 21.3. The van der Waals surface area contributed by atoms with Crippen LogP contribution >= 0.6 is 15.9 Å². The molecule has 1 aromatic carbocycles. The molecule has 0 atom stereocenters. The van der Waals surface area contributed by atoms with E-state index in [0.717, 1.165) is 15.5 Å². The van der Waals surface area contributed by atoms with Crippen molar-refractivity contribution in [2.24, 2.45) is 0 Å². The first-order valence-corrected chi connectivity index (χ1v) is 6.48. The Bertz CT molecular complexity index is 1000. The van der Waals surface area contributed by atoms with E-state index in [4.69, 9.17) is 0 Å². The van der Waals surface area contributed by atoms with E-state index in [1.165, 1.54) is 8.80 Å². The first kappa shape index (κ1) is 10.7. The van der Waals surface area contributed by atoms with Crippen LogP contribution in [0.25, 0.3) is 22.5 Å². The van der Waals surface area contributed by atoms with E-state index in [9.17, 15) is 4.79 Å². The van der Waals surface area contributed by atoms with Crippen LogP contribution in [-0.2, 0) is 0 Å². The van der Waals surface area contributed by atoms with E-state index >= 15 is 0 Å². The first-order valence-electron chi connectivity index (χ1n) is 5.69. The van der Waals surface area contributed by atoms with Gasteiger partial charge in [-0.15, -0.1) is 0 Å². The number of pyridine rings is 1. The molecule has 0 fully saturated rings. The van der Waals surface area contributed by atoms with Crippen LogP contribution in [-0.4, -0.2) is 18.8 Å². The molecule has 0 aliphatic rings. The van der Waals surface area contributed by atoms with Gasteiger partial charge in [-0.1, -0.05) is 12.1 Å². The maximum absolute atomic E-state index is 12.5. The number of benzene rings is 1. The minimum Gasteiger partial charge on any atom is -0.251 e. The van der Waals surface area contributed by atoms with Crippen LogP contribution in [0.4, 0.5) is 0 Å². The Balaban J connectivity index is 2.34. The fourth-order valence-electron chi connectivity index (χ4n) is 2.20. The molecule has 6 heteroatoms. The van der Waals surface area contributed by atoms with Gasteiger partial charge in [-0.25, -0.2) is 14.2 Å². The predicted octanol–water partition coefficient (Wildman–Crippen LogP) is 2.26. The van der Waals surface area contributed by atoms with Crippen molar-refractivity contribution in [3.63, 3.8) is 0 Å². The van der Waals surface area contributed by atoms with Gasteiger partial charge in [0.1, 0.15) is 5.65 Å². The highest BCUT2D eigenvalue weighted by Gasteiger charge is 2.10. The van der Waals surface area contributed by atoms with Crippen molar-refractivity contribution in [3.8, 4) is 0 Å². The van der Waals surface area contributed by atoms with Gasteiger partial charge in [0, 0.05) is 10.7 Å². The molecule has 0 N–H and O–H groups in total. The summed E-state index contributed by atoms with van der Waals surface area (Å²) in [5, 5.41) is 0. The second-order valence-corrected chi connectivity index (χ2v) is 5.12. The highest BCUT2D eigenvalue weighted by atomic mass is 79.9. The molecule has 0 saturated carbocycles. The van der Waals surface area contributed by atoms with Crippen molar-refractivity contribution >= 4 is 38.4 Å². The molecular weight excluding hydrogens is 308 g/mol. The van der Waals surface area contributed by atoms with Crippen molar-refractivity contribution in [1.29, 1.82) is 0 Å². The number of para-hydroxylation sites is 2. The number of fused-ring (bicyclic) bond motifs is 4. The average molecular weight is 315 g/mol. The third-order valence-corrected chi connectivity index (χ3v) is 3.51. The van der Waals surface area contributed by atoms with Gasteiger partial charge in [0.25, 0.3) is 0 Å². The topological polar surface area (TPSA) is 51.7 Å². The van der Waals surface area contributed by atoms with Crippen molar-refractivity contribution < 1.29 is 0 Å². The van der Waals surface area contributed by atoms with E-state index in [0.29, 0.717) is 11.4 Å². The van der Waals surface area contributed by atoms with E-state index < -0.39 is 0 Å². The third kappa shape index (κ3) is 1.43. The summed E-state index contributed by atoms with van der Waals surface area (Å²) in [5.74, 6) is 0.425. The largest absolute Gasteiger partial charge is 0.341 e. The number of hydrogen-bond donors (Lipinski definition) is 0. The predicted molar refractivity (Wildman–Crippen MR) is 75.4 cm³/mol. The quantitative estimate of drug-likeness (QED) is 0.500. The monoisotopic (exact) mass is 314 g/mol. The standard InChI is InChI=1S/C13H7BrN4O/c14-8-5-6-11-16-12-15-9-3-1-2-4-10(9)18(12)13(19)17(11)7-8/h1-7H. The zero-order valence-corrected chi connectivity index (χ0v) is 11.2. The normalized spacial score (nSPS) is 11.6. The van der Waals surface area contributed by atoms with Gasteiger partial charge in [0.05, 0.1) is 11.0 Å². The fraction of sp³-hybridized carbons (Fsp3) is 0. The van der Waals surface area contributed by atoms with E-state index in [1.54, 1.807) is 12.3 Å². The van der Waals surface area contributed by atoms with E-state index in [1.807, 2.05) is 30.3 Å². The van der Waals surface area contributed by atoms with Crippen molar-refractivity contribution in [2.45, 2.75) is 0 Å². The highest BCUT2D eigenvalue weighted by Crippen LogP contribution is 2.14. The molecule has 0 aliphatic heterocycles. The average Bonchev–Trinajstić information content (AvgIpc) is 2.78. The van der Waals surface area contributed by atoms with Gasteiger partial charge in [-0.3, -0.25) is 4.40 Å². The van der Waals surface area contributed by atoms with Crippen LogP contribution in [0.1, 0.15) is 0 Å². The summed E-state index contributed by atoms with van der Waals surface area (Å²) in [6, 6.07) is 11.1. The number of hydrogen-bond acceptors (Lipinski definition) is 3. The van der Waals surface area contributed by atoms with Crippen molar-refractivity contribution in [1.82, 2.24) is 18.8 Å². The second-order valence-electron chi connectivity index (χ2n) is 4.21. The van der Waals surface area contributed by atoms with Crippen LogP contribution in [0.15, 0.2) is 51.9 Å². The molecule has 4 aromatic rings. The Labute approximate surface area is 115 Å². The summed E-state index contributed by atoms with van der Waals surface area (Å²) < 4.78 is 3.85. The summed E-state index contributed by atoms with van der Waals surface area (Å²) in [6.45, 7) is 0. The van der Waals surface area contributed by atoms with Crippen LogP contribution in [0, 0.1) is 0 Å². The minimum atomic E-state index is -0.171. The molecule has 0 aliphatic carbocycles. The van der Waals surface area contributed by atoms with Gasteiger partial charge in [-0.2, -0.15) is 4.98 Å². The lowest BCUT2D eigenvalue weighted by Crippen LogP contribution is -2.22. The van der Waals surface area contributed by atoms with Crippen LogP contribution in [0.3, 0.4) is 0 Å². The van der Waals surface area contributed by atoms with Crippen LogP contribution < -0.4 is 5.69 Å². The van der Waals surface area contributed by atoms with Gasteiger partial charge in [0.15, 0.2) is 0 Å². The van der Waals surface area contributed by atoms with E-state index in [-0.39, 0.29) is 5.69 Å². The maximum atomic E-state index is 12.5. The highest BCUT2D eigenvalue weighted by molar-refractivity contribution is 9.10. The first-order chi connectivity index (χ1) is 9.24. The van der Waals surface area contributed by atoms with Crippen molar-refractivity contribution in [3.05, 3.63) is 57.6 Å². The van der Waals surface area contributed by atoms with Gasteiger partial charge >= 0.3 is 5.69 Å². The van der Waals surface area contributed by atoms with Crippen molar-refractivity contribution in [2.75, 3.05) is 0 Å². The van der Waals surface area contributed by atoms with Crippen LogP contribution in [0.5, 0.6) is 0 Å². The molecule has 0 saturated heterocycles. The molecule has 4 rings (SSSR count). The minimum absolute atomic E-state index is 0.171. The molecule has 0 bridgehead atoms. The molecule has 0 radical (unpaired) electrons. The van der Waals surface area contributed by atoms with E-state index in [2.05, 4.69) is 25.9 Å². The molecule has 5 nitrogen and oxygen atoms in total.